The average Bonchev–Trinajstić information content (AvgIpc) is 3.07. The fraction of sp³-hybridized carbons (Fsp3) is 0.375. The van der Waals surface area contributed by atoms with Gasteiger partial charge < -0.3 is 9.88 Å². The third kappa shape index (κ3) is 3.18. The summed E-state index contributed by atoms with van der Waals surface area (Å²) in [6.45, 7) is 1.99. The van der Waals surface area contributed by atoms with Crippen LogP contribution in [0.25, 0.3) is 0 Å². The molecular formula is C16H18BrN3O. The molecular weight excluding hydrogens is 330 g/mol. The van der Waals surface area contributed by atoms with Crippen molar-refractivity contribution in [1.82, 2.24) is 14.9 Å². The number of benzene rings is 1. The standard InChI is InChI=1S/C16H18BrN3O/c1-11-7-12(9-13(17)8-11)16(21)19-14-3-2-4-15(14)20-6-5-18-10-20/h5-10,14-15H,2-4H2,1H3,(H,19,21). The first-order chi connectivity index (χ1) is 10.1. The number of halogens is 1. The van der Waals surface area contributed by atoms with E-state index in [1.807, 2.05) is 37.6 Å². The summed E-state index contributed by atoms with van der Waals surface area (Å²) in [5, 5.41) is 3.18. The number of carbonyl (C=O) groups excluding carboxylic acids is 1. The number of aromatic nitrogens is 2. The predicted molar refractivity (Wildman–Crippen MR) is 85.2 cm³/mol. The molecule has 2 atom stereocenters. The summed E-state index contributed by atoms with van der Waals surface area (Å²) in [5.41, 5.74) is 1.78. The number of nitrogens with zero attached hydrogens (tertiary/aromatic N) is 2. The zero-order valence-electron chi connectivity index (χ0n) is 11.9. The minimum atomic E-state index is -0.00332. The Balaban J connectivity index is 1.74. The van der Waals surface area contributed by atoms with Crippen LogP contribution in [0.5, 0.6) is 0 Å². The fourth-order valence-corrected chi connectivity index (χ4v) is 3.66. The summed E-state index contributed by atoms with van der Waals surface area (Å²) in [6, 6.07) is 6.27. The quantitative estimate of drug-likeness (QED) is 0.923. The summed E-state index contributed by atoms with van der Waals surface area (Å²) in [5.74, 6) is -0.00332. The van der Waals surface area contributed by atoms with Crippen molar-refractivity contribution < 1.29 is 4.79 Å². The second-order valence-electron chi connectivity index (χ2n) is 5.61. The Kier molecular flexibility index (Phi) is 4.10. The first-order valence-electron chi connectivity index (χ1n) is 7.19. The van der Waals surface area contributed by atoms with Gasteiger partial charge in [-0.2, -0.15) is 0 Å². The summed E-state index contributed by atoms with van der Waals surface area (Å²) in [6.07, 6.45) is 8.82. The van der Waals surface area contributed by atoms with Gasteiger partial charge in [0.2, 0.25) is 0 Å². The maximum Gasteiger partial charge on any atom is 0.251 e. The molecule has 2 unspecified atom stereocenters. The first kappa shape index (κ1) is 14.3. The molecule has 1 aliphatic carbocycles. The number of rotatable bonds is 3. The number of aryl methyl sites for hydroxylation is 1. The number of imidazole rings is 1. The summed E-state index contributed by atoms with van der Waals surface area (Å²) in [7, 11) is 0. The number of hydrogen-bond acceptors (Lipinski definition) is 2. The summed E-state index contributed by atoms with van der Waals surface area (Å²) in [4.78, 5) is 16.6. The van der Waals surface area contributed by atoms with Gasteiger partial charge in [-0.05, 0) is 49.9 Å². The van der Waals surface area contributed by atoms with E-state index in [0.717, 1.165) is 29.3 Å². The van der Waals surface area contributed by atoms with Gasteiger partial charge in [0.05, 0.1) is 12.4 Å². The second kappa shape index (κ2) is 6.02. The van der Waals surface area contributed by atoms with Gasteiger partial charge in [-0.15, -0.1) is 0 Å². The lowest BCUT2D eigenvalue weighted by Gasteiger charge is -2.22. The van der Waals surface area contributed by atoms with E-state index in [-0.39, 0.29) is 11.9 Å². The Morgan fingerprint density at radius 1 is 1.38 bits per heavy atom. The van der Waals surface area contributed by atoms with Gasteiger partial charge in [0.25, 0.3) is 5.91 Å². The minimum Gasteiger partial charge on any atom is -0.347 e. The maximum absolute atomic E-state index is 12.5. The lowest BCUT2D eigenvalue weighted by molar-refractivity contribution is 0.0928. The van der Waals surface area contributed by atoms with Crippen molar-refractivity contribution in [2.75, 3.05) is 0 Å². The molecule has 0 radical (unpaired) electrons. The van der Waals surface area contributed by atoms with E-state index in [1.54, 1.807) is 6.20 Å². The van der Waals surface area contributed by atoms with E-state index in [2.05, 4.69) is 30.8 Å². The van der Waals surface area contributed by atoms with E-state index < -0.39 is 0 Å². The zero-order chi connectivity index (χ0) is 14.8. The Bertz CT molecular complexity index is 619. The highest BCUT2D eigenvalue weighted by Gasteiger charge is 2.29. The molecule has 1 aliphatic rings. The molecule has 110 valence electrons. The lowest BCUT2D eigenvalue weighted by atomic mass is 10.1. The SMILES string of the molecule is Cc1cc(Br)cc(C(=O)NC2CCCC2n2ccnc2)c1. The van der Waals surface area contributed by atoms with Crippen molar-refractivity contribution in [3.63, 3.8) is 0 Å². The number of amides is 1. The Labute approximate surface area is 132 Å². The van der Waals surface area contributed by atoms with Gasteiger partial charge in [0.1, 0.15) is 0 Å². The van der Waals surface area contributed by atoms with Crippen molar-refractivity contribution in [3.8, 4) is 0 Å². The molecule has 0 spiro atoms. The largest absolute Gasteiger partial charge is 0.347 e. The van der Waals surface area contributed by atoms with Crippen LogP contribution in [-0.4, -0.2) is 21.5 Å². The number of nitrogens with one attached hydrogen (secondary N) is 1. The van der Waals surface area contributed by atoms with Crippen molar-refractivity contribution in [3.05, 3.63) is 52.5 Å². The highest BCUT2D eigenvalue weighted by Crippen LogP contribution is 2.30. The molecule has 1 N–H and O–H groups in total. The topological polar surface area (TPSA) is 46.9 Å². The molecule has 5 heteroatoms. The van der Waals surface area contributed by atoms with Gasteiger partial charge in [-0.1, -0.05) is 15.9 Å². The Morgan fingerprint density at radius 3 is 2.95 bits per heavy atom. The molecule has 1 saturated carbocycles. The molecule has 4 nitrogen and oxygen atoms in total. The van der Waals surface area contributed by atoms with Crippen LogP contribution in [0.4, 0.5) is 0 Å². The van der Waals surface area contributed by atoms with Gasteiger partial charge in [0, 0.05) is 28.5 Å². The van der Waals surface area contributed by atoms with E-state index in [9.17, 15) is 4.79 Å². The molecule has 1 fully saturated rings. The second-order valence-corrected chi connectivity index (χ2v) is 6.52. The molecule has 21 heavy (non-hydrogen) atoms. The molecule has 1 aromatic heterocycles. The minimum absolute atomic E-state index is 0.00332. The third-order valence-corrected chi connectivity index (χ3v) is 4.47. The van der Waals surface area contributed by atoms with Gasteiger partial charge in [-0.3, -0.25) is 4.79 Å². The van der Waals surface area contributed by atoms with Gasteiger partial charge >= 0.3 is 0 Å². The molecule has 2 aromatic rings. The van der Waals surface area contributed by atoms with Crippen LogP contribution >= 0.6 is 15.9 Å². The van der Waals surface area contributed by atoms with Gasteiger partial charge in [0.15, 0.2) is 0 Å². The summed E-state index contributed by atoms with van der Waals surface area (Å²) < 4.78 is 3.04. The van der Waals surface area contributed by atoms with Crippen molar-refractivity contribution in [2.45, 2.75) is 38.3 Å². The molecule has 0 aliphatic heterocycles. The normalized spacial score (nSPS) is 21.4. The molecule has 0 bridgehead atoms. The zero-order valence-corrected chi connectivity index (χ0v) is 13.5. The molecule has 1 amide bonds. The summed E-state index contributed by atoms with van der Waals surface area (Å²) >= 11 is 3.44. The number of carbonyl (C=O) groups is 1. The average molecular weight is 348 g/mol. The highest BCUT2D eigenvalue weighted by atomic mass is 79.9. The van der Waals surface area contributed by atoms with Crippen LogP contribution in [0.15, 0.2) is 41.4 Å². The van der Waals surface area contributed by atoms with E-state index in [0.29, 0.717) is 11.6 Å². The molecule has 1 heterocycles. The van der Waals surface area contributed by atoms with Crippen molar-refractivity contribution >= 4 is 21.8 Å². The van der Waals surface area contributed by atoms with Crippen molar-refractivity contribution in [2.24, 2.45) is 0 Å². The van der Waals surface area contributed by atoms with Crippen LogP contribution < -0.4 is 5.32 Å². The number of hydrogen-bond donors (Lipinski definition) is 1. The van der Waals surface area contributed by atoms with Crippen LogP contribution in [0.2, 0.25) is 0 Å². The smallest absolute Gasteiger partial charge is 0.251 e. The Morgan fingerprint density at radius 2 is 2.24 bits per heavy atom. The van der Waals surface area contributed by atoms with E-state index in [4.69, 9.17) is 0 Å². The highest BCUT2D eigenvalue weighted by molar-refractivity contribution is 9.10. The van der Waals surface area contributed by atoms with E-state index in [1.165, 1.54) is 0 Å². The lowest BCUT2D eigenvalue weighted by Crippen LogP contribution is -2.38. The third-order valence-electron chi connectivity index (χ3n) is 4.01. The van der Waals surface area contributed by atoms with Gasteiger partial charge in [-0.25, -0.2) is 4.98 Å². The van der Waals surface area contributed by atoms with Crippen molar-refractivity contribution in [1.29, 1.82) is 0 Å². The van der Waals surface area contributed by atoms with Crippen LogP contribution in [0.1, 0.15) is 41.2 Å². The molecule has 0 saturated heterocycles. The molecule has 3 rings (SSSR count). The monoisotopic (exact) mass is 347 g/mol. The van der Waals surface area contributed by atoms with Crippen LogP contribution in [0, 0.1) is 6.92 Å². The molecule has 1 aromatic carbocycles. The van der Waals surface area contributed by atoms with Crippen LogP contribution in [0.3, 0.4) is 0 Å². The Hall–Kier alpha value is -1.62. The van der Waals surface area contributed by atoms with E-state index >= 15 is 0 Å². The predicted octanol–water partition coefficient (Wildman–Crippen LogP) is 3.48. The fourth-order valence-electron chi connectivity index (χ4n) is 3.05. The maximum atomic E-state index is 12.5. The van der Waals surface area contributed by atoms with Crippen LogP contribution in [-0.2, 0) is 0 Å². The first-order valence-corrected chi connectivity index (χ1v) is 7.98.